The SMILES string of the molecule is Cn1cc(C(=O)NCc2ccccn2)c(CC2CCN(C(=O)C3CCCCC3)CC2)n1. The van der Waals surface area contributed by atoms with E-state index in [1.807, 2.05) is 25.2 Å². The minimum Gasteiger partial charge on any atom is -0.346 e. The number of hydrogen-bond acceptors (Lipinski definition) is 4. The summed E-state index contributed by atoms with van der Waals surface area (Å²) >= 11 is 0. The summed E-state index contributed by atoms with van der Waals surface area (Å²) in [4.78, 5) is 31.9. The first-order valence-corrected chi connectivity index (χ1v) is 11.6. The van der Waals surface area contributed by atoms with Gasteiger partial charge < -0.3 is 10.2 Å². The van der Waals surface area contributed by atoms with Gasteiger partial charge in [0, 0.05) is 38.4 Å². The molecule has 0 unspecified atom stereocenters. The molecule has 1 N–H and O–H groups in total. The van der Waals surface area contributed by atoms with Crippen LogP contribution in [0.1, 0.15) is 66.7 Å². The summed E-state index contributed by atoms with van der Waals surface area (Å²) in [6, 6.07) is 5.67. The van der Waals surface area contributed by atoms with E-state index in [0.29, 0.717) is 23.9 Å². The van der Waals surface area contributed by atoms with Crippen LogP contribution in [0.2, 0.25) is 0 Å². The van der Waals surface area contributed by atoms with E-state index in [2.05, 4.69) is 20.3 Å². The van der Waals surface area contributed by atoms with Crippen molar-refractivity contribution >= 4 is 11.8 Å². The van der Waals surface area contributed by atoms with Gasteiger partial charge in [0.1, 0.15) is 0 Å². The predicted octanol–water partition coefficient (Wildman–Crippen LogP) is 3.11. The lowest BCUT2D eigenvalue weighted by molar-refractivity contribution is -0.138. The highest BCUT2D eigenvalue weighted by Gasteiger charge is 2.30. The molecule has 1 aliphatic heterocycles. The maximum atomic E-state index is 12.8. The van der Waals surface area contributed by atoms with Crippen LogP contribution in [-0.4, -0.2) is 44.6 Å². The molecule has 0 spiro atoms. The average Bonchev–Trinajstić information content (AvgIpc) is 3.18. The number of rotatable bonds is 6. The number of likely N-dealkylation sites (tertiary alicyclic amines) is 1. The Hall–Kier alpha value is -2.70. The number of nitrogens with zero attached hydrogens (tertiary/aromatic N) is 4. The van der Waals surface area contributed by atoms with Crippen LogP contribution in [-0.2, 0) is 24.8 Å². The van der Waals surface area contributed by atoms with Crippen molar-refractivity contribution < 1.29 is 9.59 Å². The molecule has 0 atom stereocenters. The first kappa shape index (κ1) is 21.5. The largest absolute Gasteiger partial charge is 0.346 e. The third-order valence-corrected chi connectivity index (χ3v) is 6.67. The van der Waals surface area contributed by atoms with Crippen molar-refractivity contribution in [3.05, 3.63) is 47.5 Å². The number of aryl methyl sites for hydroxylation is 1. The second-order valence-electron chi connectivity index (χ2n) is 8.97. The average molecular weight is 424 g/mol. The Morgan fingerprint density at radius 1 is 1.10 bits per heavy atom. The summed E-state index contributed by atoms with van der Waals surface area (Å²) in [6.07, 6.45) is 12.0. The molecule has 0 bridgehead atoms. The quantitative estimate of drug-likeness (QED) is 0.774. The molecule has 1 saturated heterocycles. The van der Waals surface area contributed by atoms with E-state index >= 15 is 0 Å². The van der Waals surface area contributed by atoms with Crippen LogP contribution in [0.25, 0.3) is 0 Å². The van der Waals surface area contributed by atoms with E-state index in [1.165, 1.54) is 19.3 Å². The van der Waals surface area contributed by atoms with E-state index in [1.54, 1.807) is 17.1 Å². The number of carbonyl (C=O) groups excluding carboxylic acids is 2. The number of nitrogens with one attached hydrogen (secondary N) is 1. The summed E-state index contributed by atoms with van der Waals surface area (Å²) in [6.45, 7) is 2.05. The van der Waals surface area contributed by atoms with Gasteiger partial charge in [-0.1, -0.05) is 25.3 Å². The zero-order chi connectivity index (χ0) is 21.6. The predicted molar refractivity (Wildman–Crippen MR) is 118 cm³/mol. The van der Waals surface area contributed by atoms with Crippen LogP contribution in [0.5, 0.6) is 0 Å². The third kappa shape index (κ3) is 5.51. The van der Waals surface area contributed by atoms with Crippen LogP contribution in [0.3, 0.4) is 0 Å². The standard InChI is InChI=1S/C24H33N5O2/c1-28-17-21(23(30)26-16-20-9-5-6-12-25-20)22(27-28)15-18-10-13-29(14-11-18)24(31)19-7-3-2-4-8-19/h5-6,9,12,17-19H,2-4,7-8,10-11,13-16H2,1H3,(H,26,30). The first-order valence-electron chi connectivity index (χ1n) is 11.6. The molecule has 7 nitrogen and oxygen atoms in total. The Balaban J connectivity index is 1.31. The molecule has 2 amide bonds. The van der Waals surface area contributed by atoms with Crippen molar-refractivity contribution in [2.24, 2.45) is 18.9 Å². The molecule has 0 aromatic carbocycles. The summed E-state index contributed by atoms with van der Waals surface area (Å²) in [5, 5.41) is 7.52. The number of piperidine rings is 1. The van der Waals surface area contributed by atoms with Gasteiger partial charge in [0.05, 0.1) is 23.5 Å². The van der Waals surface area contributed by atoms with E-state index in [4.69, 9.17) is 0 Å². The van der Waals surface area contributed by atoms with E-state index in [-0.39, 0.29) is 11.8 Å². The first-order chi connectivity index (χ1) is 15.1. The lowest BCUT2D eigenvalue weighted by Gasteiger charge is -2.35. The van der Waals surface area contributed by atoms with Crippen molar-refractivity contribution in [3.8, 4) is 0 Å². The molecule has 7 heteroatoms. The maximum Gasteiger partial charge on any atom is 0.255 e. The Morgan fingerprint density at radius 3 is 2.58 bits per heavy atom. The molecule has 166 valence electrons. The van der Waals surface area contributed by atoms with Crippen molar-refractivity contribution in [1.82, 2.24) is 25.0 Å². The molecule has 31 heavy (non-hydrogen) atoms. The van der Waals surface area contributed by atoms with Crippen LogP contribution in [0.4, 0.5) is 0 Å². The van der Waals surface area contributed by atoms with E-state index < -0.39 is 0 Å². The molecule has 1 aliphatic carbocycles. The Kier molecular flexibility index (Phi) is 6.99. The molecular weight excluding hydrogens is 390 g/mol. The van der Waals surface area contributed by atoms with Gasteiger partial charge in [-0.25, -0.2) is 0 Å². The molecule has 2 aliphatic rings. The maximum absolute atomic E-state index is 12.8. The van der Waals surface area contributed by atoms with Gasteiger partial charge in [0.2, 0.25) is 5.91 Å². The zero-order valence-corrected chi connectivity index (χ0v) is 18.4. The van der Waals surface area contributed by atoms with E-state index in [9.17, 15) is 9.59 Å². The van der Waals surface area contributed by atoms with Gasteiger partial charge in [0.15, 0.2) is 0 Å². The minimum absolute atomic E-state index is 0.112. The summed E-state index contributed by atoms with van der Waals surface area (Å²) in [5.74, 6) is 0.951. The highest BCUT2D eigenvalue weighted by atomic mass is 16.2. The topological polar surface area (TPSA) is 80.1 Å². The normalized spacial score (nSPS) is 18.2. The molecule has 2 aromatic rings. The smallest absolute Gasteiger partial charge is 0.255 e. The van der Waals surface area contributed by atoms with Crippen molar-refractivity contribution in [1.29, 1.82) is 0 Å². The fourth-order valence-corrected chi connectivity index (χ4v) is 4.88. The fourth-order valence-electron chi connectivity index (χ4n) is 4.88. The van der Waals surface area contributed by atoms with Crippen molar-refractivity contribution in [2.45, 2.75) is 57.9 Å². The Labute approximate surface area is 184 Å². The summed E-state index contributed by atoms with van der Waals surface area (Å²) in [5.41, 5.74) is 2.31. The number of amides is 2. The number of hydrogen-bond donors (Lipinski definition) is 1. The monoisotopic (exact) mass is 423 g/mol. The van der Waals surface area contributed by atoms with Crippen LogP contribution < -0.4 is 5.32 Å². The number of carbonyl (C=O) groups is 2. The second kappa shape index (κ2) is 10.1. The van der Waals surface area contributed by atoms with Crippen LogP contribution >= 0.6 is 0 Å². The van der Waals surface area contributed by atoms with Crippen molar-refractivity contribution in [2.75, 3.05) is 13.1 Å². The van der Waals surface area contributed by atoms with Gasteiger partial charge in [-0.3, -0.25) is 19.3 Å². The molecular formula is C24H33N5O2. The number of pyridine rings is 1. The van der Waals surface area contributed by atoms with Crippen LogP contribution in [0, 0.1) is 11.8 Å². The highest BCUT2D eigenvalue weighted by molar-refractivity contribution is 5.95. The Morgan fingerprint density at radius 2 is 1.87 bits per heavy atom. The molecule has 2 aromatic heterocycles. The lowest BCUT2D eigenvalue weighted by Crippen LogP contribution is -2.42. The summed E-state index contributed by atoms with van der Waals surface area (Å²) < 4.78 is 1.72. The Bertz CT molecular complexity index is 881. The molecule has 1 saturated carbocycles. The van der Waals surface area contributed by atoms with Gasteiger partial charge in [0.25, 0.3) is 5.91 Å². The second-order valence-corrected chi connectivity index (χ2v) is 8.97. The zero-order valence-electron chi connectivity index (χ0n) is 18.4. The van der Waals surface area contributed by atoms with Crippen molar-refractivity contribution in [3.63, 3.8) is 0 Å². The fraction of sp³-hybridized carbons (Fsp3) is 0.583. The molecule has 0 radical (unpaired) electrons. The van der Waals surface area contributed by atoms with Gasteiger partial charge >= 0.3 is 0 Å². The third-order valence-electron chi connectivity index (χ3n) is 6.67. The van der Waals surface area contributed by atoms with Gasteiger partial charge in [-0.15, -0.1) is 0 Å². The van der Waals surface area contributed by atoms with Crippen LogP contribution in [0.15, 0.2) is 30.6 Å². The number of aromatic nitrogens is 3. The molecule has 2 fully saturated rings. The highest BCUT2D eigenvalue weighted by Crippen LogP contribution is 2.28. The lowest BCUT2D eigenvalue weighted by atomic mass is 9.86. The van der Waals surface area contributed by atoms with E-state index in [0.717, 1.165) is 56.6 Å². The van der Waals surface area contributed by atoms with Gasteiger partial charge in [-0.05, 0) is 50.2 Å². The minimum atomic E-state index is -0.112. The summed E-state index contributed by atoms with van der Waals surface area (Å²) in [7, 11) is 1.85. The molecule has 4 rings (SSSR count). The van der Waals surface area contributed by atoms with Gasteiger partial charge in [-0.2, -0.15) is 5.10 Å². The molecule has 3 heterocycles.